The van der Waals surface area contributed by atoms with Crippen LogP contribution in [0.2, 0.25) is 0 Å². The van der Waals surface area contributed by atoms with Crippen molar-refractivity contribution in [2.24, 2.45) is 35.2 Å². The van der Waals surface area contributed by atoms with Crippen molar-refractivity contribution in [2.45, 2.75) is 65.8 Å². The van der Waals surface area contributed by atoms with Gasteiger partial charge in [0.05, 0.1) is 0 Å². The third-order valence-corrected chi connectivity index (χ3v) is 5.01. The average molecular weight is 265 g/mol. The van der Waals surface area contributed by atoms with E-state index in [1.165, 1.54) is 18.5 Å². The highest BCUT2D eigenvalue weighted by molar-refractivity contribution is 5.15. The van der Waals surface area contributed by atoms with E-state index in [-0.39, 0.29) is 5.54 Å². The lowest BCUT2D eigenvalue weighted by atomic mass is 9.98. The topological polar surface area (TPSA) is 55.3 Å². The minimum atomic E-state index is -0.0560. The van der Waals surface area contributed by atoms with Crippen LogP contribution in [0.25, 0.3) is 0 Å². The molecule has 110 valence electrons. The zero-order chi connectivity index (χ0) is 14.4. The Kier molecular flexibility index (Phi) is 3.87. The van der Waals surface area contributed by atoms with Gasteiger partial charge in [0.1, 0.15) is 0 Å². The van der Waals surface area contributed by atoms with Crippen molar-refractivity contribution < 1.29 is 0 Å². The number of nitrogens with two attached hydrogens (primary N) is 2. The van der Waals surface area contributed by atoms with Gasteiger partial charge in [0, 0.05) is 16.9 Å². The van der Waals surface area contributed by atoms with Crippen LogP contribution in [0.5, 0.6) is 0 Å². The van der Waals surface area contributed by atoms with Gasteiger partial charge in [-0.05, 0) is 70.1 Å². The first-order chi connectivity index (χ1) is 8.73. The lowest BCUT2D eigenvalue weighted by Crippen LogP contribution is -2.46. The van der Waals surface area contributed by atoms with E-state index in [1.54, 1.807) is 0 Å². The molecule has 2 aliphatic carbocycles. The van der Waals surface area contributed by atoms with Gasteiger partial charge in [-0.25, -0.2) is 5.84 Å². The molecule has 3 heteroatoms. The molecule has 0 amide bonds. The Morgan fingerprint density at radius 1 is 1.11 bits per heavy atom. The first kappa shape index (κ1) is 14.7. The van der Waals surface area contributed by atoms with Gasteiger partial charge in [0.15, 0.2) is 0 Å². The predicted octanol–water partition coefficient (Wildman–Crippen LogP) is 3.22. The van der Waals surface area contributed by atoms with E-state index in [0.717, 1.165) is 42.2 Å². The van der Waals surface area contributed by atoms with Gasteiger partial charge in [-0.1, -0.05) is 13.8 Å². The van der Waals surface area contributed by atoms with E-state index in [2.05, 4.69) is 34.6 Å². The van der Waals surface area contributed by atoms with Crippen molar-refractivity contribution in [2.75, 3.05) is 0 Å². The Morgan fingerprint density at radius 2 is 1.63 bits per heavy atom. The molecule has 0 aromatic heterocycles. The predicted molar refractivity (Wildman–Crippen MR) is 80.8 cm³/mol. The number of hydrogen-bond donors (Lipinski definition) is 2. The molecule has 2 rings (SSSR count). The maximum atomic E-state index is 6.31. The second-order valence-electron chi connectivity index (χ2n) is 7.74. The van der Waals surface area contributed by atoms with Crippen LogP contribution in [0, 0.1) is 23.7 Å². The summed E-state index contributed by atoms with van der Waals surface area (Å²) in [6, 6.07) is 0. The van der Waals surface area contributed by atoms with Crippen LogP contribution in [0.4, 0.5) is 0 Å². The molecule has 1 saturated carbocycles. The molecule has 0 saturated heterocycles. The summed E-state index contributed by atoms with van der Waals surface area (Å²) in [4.78, 5) is 0. The molecule has 0 heterocycles. The molecule has 0 bridgehead atoms. The lowest BCUT2D eigenvalue weighted by molar-refractivity contribution is 0.176. The SMILES string of the molecule is CC(C)C1C2CC/C(N)=C(/N(N)C(C)(C)C)CCC21. The van der Waals surface area contributed by atoms with Crippen molar-refractivity contribution >= 4 is 0 Å². The summed E-state index contributed by atoms with van der Waals surface area (Å²) in [5.74, 6) is 9.85. The number of hydrazine groups is 1. The summed E-state index contributed by atoms with van der Waals surface area (Å²) >= 11 is 0. The zero-order valence-corrected chi connectivity index (χ0v) is 13.2. The van der Waals surface area contributed by atoms with E-state index in [1.807, 2.05) is 5.01 Å². The fourth-order valence-electron chi connectivity index (χ4n) is 3.89. The third kappa shape index (κ3) is 2.91. The summed E-state index contributed by atoms with van der Waals surface area (Å²) in [6.45, 7) is 11.1. The van der Waals surface area contributed by atoms with Crippen LogP contribution >= 0.6 is 0 Å². The minimum Gasteiger partial charge on any atom is -0.401 e. The molecule has 0 aromatic rings. The van der Waals surface area contributed by atoms with Crippen LogP contribution in [0.3, 0.4) is 0 Å². The smallest absolute Gasteiger partial charge is 0.0484 e. The van der Waals surface area contributed by atoms with Crippen molar-refractivity contribution in [3.05, 3.63) is 11.4 Å². The highest BCUT2D eigenvalue weighted by atomic mass is 15.4. The number of hydrogen-bond acceptors (Lipinski definition) is 3. The van der Waals surface area contributed by atoms with Crippen molar-refractivity contribution in [3.8, 4) is 0 Å². The zero-order valence-electron chi connectivity index (χ0n) is 13.2. The summed E-state index contributed by atoms with van der Waals surface area (Å²) < 4.78 is 0. The van der Waals surface area contributed by atoms with Crippen molar-refractivity contribution in [3.63, 3.8) is 0 Å². The van der Waals surface area contributed by atoms with Crippen LogP contribution in [-0.4, -0.2) is 10.5 Å². The van der Waals surface area contributed by atoms with Gasteiger partial charge in [-0.15, -0.1) is 0 Å². The fraction of sp³-hybridized carbons (Fsp3) is 0.875. The Labute approximate surface area is 118 Å². The molecule has 3 nitrogen and oxygen atoms in total. The molecule has 2 aliphatic rings. The maximum Gasteiger partial charge on any atom is 0.0484 e. The van der Waals surface area contributed by atoms with E-state index >= 15 is 0 Å². The van der Waals surface area contributed by atoms with E-state index in [0.29, 0.717) is 0 Å². The van der Waals surface area contributed by atoms with Crippen LogP contribution in [0.15, 0.2) is 11.4 Å². The Bertz CT molecular complexity index is 365. The standard InChI is InChI=1S/C16H31N3/c1-10(2)15-11-6-8-13(17)14(9-7-12(11)15)19(18)16(3,4)5/h10-12,15H,6-9,17-18H2,1-5H3/b14-13-. The number of fused-ring (bicyclic) bond motifs is 1. The summed E-state index contributed by atoms with van der Waals surface area (Å²) in [7, 11) is 0. The van der Waals surface area contributed by atoms with Crippen LogP contribution in [0.1, 0.15) is 60.3 Å². The molecule has 19 heavy (non-hydrogen) atoms. The quantitative estimate of drug-likeness (QED) is 0.595. The average Bonchev–Trinajstić information content (AvgIpc) is 2.95. The normalized spacial score (nSPS) is 35.6. The Hall–Kier alpha value is -0.700. The van der Waals surface area contributed by atoms with Crippen molar-refractivity contribution in [1.29, 1.82) is 0 Å². The van der Waals surface area contributed by atoms with Crippen LogP contribution in [-0.2, 0) is 0 Å². The van der Waals surface area contributed by atoms with Gasteiger partial charge < -0.3 is 10.7 Å². The molecule has 0 aliphatic heterocycles. The molecule has 0 radical (unpaired) electrons. The van der Waals surface area contributed by atoms with Crippen molar-refractivity contribution in [1.82, 2.24) is 5.01 Å². The third-order valence-electron chi connectivity index (χ3n) is 5.01. The molecule has 3 atom stereocenters. The van der Waals surface area contributed by atoms with Gasteiger partial charge >= 0.3 is 0 Å². The number of allylic oxidation sites excluding steroid dienone is 2. The van der Waals surface area contributed by atoms with E-state index in [9.17, 15) is 0 Å². The summed E-state index contributed by atoms with van der Waals surface area (Å²) in [5, 5.41) is 1.90. The van der Waals surface area contributed by atoms with Gasteiger partial charge in [0.25, 0.3) is 0 Å². The highest BCUT2D eigenvalue weighted by Crippen LogP contribution is 2.57. The van der Waals surface area contributed by atoms with Gasteiger partial charge in [0.2, 0.25) is 0 Å². The van der Waals surface area contributed by atoms with E-state index < -0.39 is 0 Å². The first-order valence-electron chi connectivity index (χ1n) is 7.76. The Morgan fingerprint density at radius 3 is 2.11 bits per heavy atom. The second-order valence-corrected chi connectivity index (χ2v) is 7.74. The minimum absolute atomic E-state index is 0.0560. The Balaban J connectivity index is 2.09. The molecule has 0 spiro atoms. The molecule has 4 N–H and O–H groups in total. The monoisotopic (exact) mass is 265 g/mol. The lowest BCUT2D eigenvalue weighted by Gasteiger charge is -2.36. The molecular formula is C16H31N3. The number of nitrogens with zero attached hydrogens (tertiary/aromatic N) is 1. The van der Waals surface area contributed by atoms with E-state index in [4.69, 9.17) is 11.6 Å². The fourth-order valence-corrected chi connectivity index (χ4v) is 3.89. The van der Waals surface area contributed by atoms with Gasteiger partial charge in [-0.2, -0.15) is 0 Å². The largest absolute Gasteiger partial charge is 0.401 e. The highest BCUT2D eigenvalue weighted by Gasteiger charge is 2.50. The summed E-state index contributed by atoms with van der Waals surface area (Å²) in [5.41, 5.74) is 8.45. The second kappa shape index (κ2) is 5.01. The molecular weight excluding hydrogens is 234 g/mol. The van der Waals surface area contributed by atoms with Crippen LogP contribution < -0.4 is 11.6 Å². The maximum absolute atomic E-state index is 6.31. The first-order valence-corrected chi connectivity index (χ1v) is 7.76. The number of rotatable bonds is 2. The molecule has 1 fully saturated rings. The molecule has 0 aromatic carbocycles. The van der Waals surface area contributed by atoms with Gasteiger partial charge in [-0.3, -0.25) is 0 Å². The molecule has 3 unspecified atom stereocenters. The summed E-state index contributed by atoms with van der Waals surface area (Å²) in [6.07, 6.45) is 4.57.